The third-order valence-electron chi connectivity index (χ3n) is 2.63. The zero-order chi connectivity index (χ0) is 11.1. The molecule has 0 bridgehead atoms. The van der Waals surface area contributed by atoms with Crippen molar-refractivity contribution in [2.45, 2.75) is 6.10 Å². The van der Waals surface area contributed by atoms with Crippen LogP contribution in [0.1, 0.15) is 11.8 Å². The van der Waals surface area contributed by atoms with E-state index in [4.69, 9.17) is 4.74 Å². The minimum atomic E-state index is -0.357. The van der Waals surface area contributed by atoms with Gasteiger partial charge in [-0.1, -0.05) is 15.9 Å². The molecule has 1 aliphatic rings. The van der Waals surface area contributed by atoms with Crippen LogP contribution in [0.25, 0.3) is 10.9 Å². The van der Waals surface area contributed by atoms with E-state index in [2.05, 4.69) is 26.2 Å². The van der Waals surface area contributed by atoms with E-state index in [1.165, 1.54) is 0 Å². The molecule has 1 unspecified atom stereocenters. The molecule has 4 nitrogen and oxygen atoms in total. The maximum absolute atomic E-state index is 10.9. The predicted octanol–water partition coefficient (Wildman–Crippen LogP) is 2.71. The van der Waals surface area contributed by atoms with Gasteiger partial charge in [0.15, 0.2) is 6.10 Å². The zero-order valence-corrected chi connectivity index (χ0v) is 9.87. The first kappa shape index (κ1) is 9.72. The van der Waals surface area contributed by atoms with Crippen molar-refractivity contribution in [1.82, 2.24) is 10.3 Å². The van der Waals surface area contributed by atoms with Crippen molar-refractivity contribution in [2.24, 2.45) is 0 Å². The van der Waals surface area contributed by atoms with Gasteiger partial charge < -0.3 is 15.0 Å². The Balaban J connectivity index is 2.02. The third-order valence-corrected chi connectivity index (χ3v) is 3.12. The molecular weight excluding hydrogens is 272 g/mol. The molecule has 0 saturated carbocycles. The molecule has 5 heteroatoms. The largest absolute Gasteiger partial charge is 0.438 e. The standard InChI is InChI=1S/C11H9BrN2O2/c12-7-1-2-8-6(3-7)4-9(14-8)10-5-13-11(15)16-10/h1-4,10,14H,5H2,(H,13,15). The number of hydrogen-bond donors (Lipinski definition) is 2. The number of alkyl carbamates (subject to hydrolysis) is 1. The van der Waals surface area contributed by atoms with E-state index < -0.39 is 0 Å². The number of amides is 1. The lowest BCUT2D eigenvalue weighted by atomic mass is 10.2. The second-order valence-electron chi connectivity index (χ2n) is 3.73. The summed E-state index contributed by atoms with van der Waals surface area (Å²) in [4.78, 5) is 14.2. The van der Waals surface area contributed by atoms with Gasteiger partial charge in [-0.05, 0) is 24.3 Å². The Morgan fingerprint density at radius 2 is 2.25 bits per heavy atom. The fourth-order valence-corrected chi connectivity index (χ4v) is 2.24. The first-order valence-electron chi connectivity index (χ1n) is 4.95. The van der Waals surface area contributed by atoms with E-state index in [-0.39, 0.29) is 12.2 Å². The molecule has 2 N–H and O–H groups in total. The Morgan fingerprint density at radius 1 is 1.38 bits per heavy atom. The van der Waals surface area contributed by atoms with Crippen LogP contribution >= 0.6 is 15.9 Å². The molecule has 1 amide bonds. The maximum atomic E-state index is 10.9. The average molecular weight is 281 g/mol. The van der Waals surface area contributed by atoms with E-state index in [9.17, 15) is 4.79 Å². The fraction of sp³-hybridized carbons (Fsp3) is 0.182. The van der Waals surface area contributed by atoms with Crippen LogP contribution in [0, 0.1) is 0 Å². The van der Waals surface area contributed by atoms with Crippen molar-refractivity contribution in [3.05, 3.63) is 34.4 Å². The smallest absolute Gasteiger partial charge is 0.408 e. The van der Waals surface area contributed by atoms with Crippen LogP contribution < -0.4 is 5.32 Å². The Hall–Kier alpha value is -1.49. The lowest BCUT2D eigenvalue weighted by molar-refractivity contribution is 0.139. The van der Waals surface area contributed by atoms with Crippen molar-refractivity contribution in [3.63, 3.8) is 0 Å². The van der Waals surface area contributed by atoms with Crippen LogP contribution in [-0.2, 0) is 4.74 Å². The molecule has 1 aliphatic heterocycles. The topological polar surface area (TPSA) is 54.1 Å². The Morgan fingerprint density at radius 3 is 3.00 bits per heavy atom. The SMILES string of the molecule is O=C1NCC(c2cc3cc(Br)ccc3[nH]2)O1. The number of halogens is 1. The summed E-state index contributed by atoms with van der Waals surface area (Å²) in [5.74, 6) is 0. The molecule has 1 aromatic heterocycles. The quantitative estimate of drug-likeness (QED) is 0.844. The summed E-state index contributed by atoms with van der Waals surface area (Å²) in [6.45, 7) is 0.521. The van der Waals surface area contributed by atoms with Crippen LogP contribution in [0.4, 0.5) is 4.79 Å². The number of benzene rings is 1. The number of aromatic nitrogens is 1. The number of rotatable bonds is 1. The summed E-state index contributed by atoms with van der Waals surface area (Å²) in [5, 5.41) is 3.74. The van der Waals surface area contributed by atoms with E-state index >= 15 is 0 Å². The van der Waals surface area contributed by atoms with Crippen LogP contribution in [0.5, 0.6) is 0 Å². The number of fused-ring (bicyclic) bond motifs is 1. The molecule has 0 radical (unpaired) electrons. The second kappa shape index (κ2) is 3.52. The first-order valence-corrected chi connectivity index (χ1v) is 5.74. The number of nitrogens with one attached hydrogen (secondary N) is 2. The summed E-state index contributed by atoms with van der Waals surface area (Å²) in [7, 11) is 0. The number of aromatic amines is 1. The van der Waals surface area contributed by atoms with Gasteiger partial charge in [-0.3, -0.25) is 0 Å². The van der Waals surface area contributed by atoms with Gasteiger partial charge in [0.25, 0.3) is 0 Å². The molecule has 16 heavy (non-hydrogen) atoms. The molecule has 82 valence electrons. The van der Waals surface area contributed by atoms with Gasteiger partial charge in [-0.25, -0.2) is 4.79 Å². The molecule has 1 saturated heterocycles. The van der Waals surface area contributed by atoms with Gasteiger partial charge >= 0.3 is 6.09 Å². The van der Waals surface area contributed by atoms with Crippen molar-refractivity contribution in [1.29, 1.82) is 0 Å². The number of carbonyl (C=O) groups excluding carboxylic acids is 1. The minimum absolute atomic E-state index is 0.210. The second-order valence-corrected chi connectivity index (χ2v) is 4.65. The van der Waals surface area contributed by atoms with Gasteiger partial charge in [0, 0.05) is 15.4 Å². The Kier molecular flexibility index (Phi) is 2.14. The summed E-state index contributed by atoms with van der Waals surface area (Å²) < 4.78 is 6.15. The minimum Gasteiger partial charge on any atom is -0.438 e. The maximum Gasteiger partial charge on any atom is 0.408 e. The molecule has 1 atom stereocenters. The summed E-state index contributed by atoms with van der Waals surface area (Å²) >= 11 is 3.42. The number of carbonyl (C=O) groups is 1. The molecule has 0 aliphatic carbocycles. The molecule has 0 spiro atoms. The lowest BCUT2D eigenvalue weighted by Gasteiger charge is -2.03. The van der Waals surface area contributed by atoms with Gasteiger partial charge in [0.05, 0.1) is 12.2 Å². The average Bonchev–Trinajstić information content (AvgIpc) is 2.83. The predicted molar refractivity (Wildman–Crippen MR) is 63.2 cm³/mol. The van der Waals surface area contributed by atoms with Gasteiger partial charge in [-0.2, -0.15) is 0 Å². The third kappa shape index (κ3) is 1.57. The number of cyclic esters (lactones) is 1. The monoisotopic (exact) mass is 280 g/mol. The molecular formula is C11H9BrN2O2. The zero-order valence-electron chi connectivity index (χ0n) is 8.29. The van der Waals surface area contributed by atoms with Gasteiger partial charge in [0.2, 0.25) is 0 Å². The first-order chi connectivity index (χ1) is 7.72. The van der Waals surface area contributed by atoms with Crippen molar-refractivity contribution in [2.75, 3.05) is 6.54 Å². The Bertz CT molecular complexity index is 564. The molecule has 1 aromatic carbocycles. The van der Waals surface area contributed by atoms with E-state index in [0.29, 0.717) is 6.54 Å². The van der Waals surface area contributed by atoms with E-state index in [1.807, 2.05) is 24.3 Å². The van der Waals surface area contributed by atoms with Crippen molar-refractivity contribution in [3.8, 4) is 0 Å². The number of hydrogen-bond acceptors (Lipinski definition) is 2. The van der Waals surface area contributed by atoms with Crippen LogP contribution in [0.2, 0.25) is 0 Å². The van der Waals surface area contributed by atoms with E-state index in [1.54, 1.807) is 0 Å². The molecule has 1 fully saturated rings. The van der Waals surface area contributed by atoms with Gasteiger partial charge in [-0.15, -0.1) is 0 Å². The fourth-order valence-electron chi connectivity index (χ4n) is 1.86. The van der Waals surface area contributed by atoms with Crippen LogP contribution in [-0.4, -0.2) is 17.6 Å². The van der Waals surface area contributed by atoms with Crippen molar-refractivity contribution >= 4 is 32.9 Å². The highest BCUT2D eigenvalue weighted by molar-refractivity contribution is 9.10. The molecule has 2 aromatic rings. The number of ether oxygens (including phenoxy) is 1. The summed E-state index contributed by atoms with van der Waals surface area (Å²) in [5.41, 5.74) is 1.97. The highest BCUT2D eigenvalue weighted by Gasteiger charge is 2.25. The highest BCUT2D eigenvalue weighted by atomic mass is 79.9. The van der Waals surface area contributed by atoms with Crippen molar-refractivity contribution < 1.29 is 9.53 Å². The normalized spacial score (nSPS) is 19.8. The molecule has 2 heterocycles. The van der Waals surface area contributed by atoms with Crippen LogP contribution in [0.3, 0.4) is 0 Å². The highest BCUT2D eigenvalue weighted by Crippen LogP contribution is 2.26. The Labute approximate surface area is 100 Å². The summed E-state index contributed by atoms with van der Waals surface area (Å²) in [6.07, 6.45) is -0.566. The lowest BCUT2D eigenvalue weighted by Crippen LogP contribution is -2.12. The van der Waals surface area contributed by atoms with Gasteiger partial charge in [0.1, 0.15) is 0 Å². The number of H-pyrrole nitrogens is 1. The van der Waals surface area contributed by atoms with E-state index in [0.717, 1.165) is 21.1 Å². The molecule has 3 rings (SSSR count). The van der Waals surface area contributed by atoms with Crippen LogP contribution in [0.15, 0.2) is 28.7 Å². The summed E-state index contributed by atoms with van der Waals surface area (Å²) in [6, 6.07) is 8.00.